The fourth-order valence-electron chi connectivity index (χ4n) is 6.41. The SMILES string of the molecule is CC(C)(C)OC(=O)N1CCNC(=O)C1.Cc1ccc(-c2ccoc2)c(Cl)n1.Cc1ccc(-c2ccoc2)c(N2CCN(C(=O)OC(C)(C)C)CC2=O)n1.Cc1ccc(Br)c(Cl)n1.Nc1ccc(Br)c(Cl)n1.OB(O)c1ccoc1. The summed E-state index contributed by atoms with van der Waals surface area (Å²) >= 11 is 23.6. The molecule has 0 aromatic carbocycles. The maximum atomic E-state index is 12.7. The van der Waals surface area contributed by atoms with E-state index in [0.717, 1.165) is 48.3 Å². The molecule has 0 radical (unpaired) electrons. The zero-order valence-corrected chi connectivity index (χ0v) is 50.2. The Bertz CT molecular complexity index is 3020. The Labute approximate surface area is 490 Å². The Balaban J connectivity index is 0.000000217. The van der Waals surface area contributed by atoms with Gasteiger partial charge >= 0.3 is 19.3 Å². The molecule has 0 atom stereocenters. The fourth-order valence-corrected chi connectivity index (χ4v) is 7.52. The maximum absolute atomic E-state index is 12.7. The molecular weight excluding hydrogens is 1220 g/mol. The van der Waals surface area contributed by atoms with Crippen molar-refractivity contribution in [1.29, 1.82) is 0 Å². The highest BCUT2D eigenvalue weighted by Gasteiger charge is 2.33. The molecule has 422 valence electrons. The van der Waals surface area contributed by atoms with E-state index in [4.69, 9.17) is 68.9 Å². The van der Waals surface area contributed by atoms with Crippen molar-refractivity contribution < 1.29 is 52.0 Å². The van der Waals surface area contributed by atoms with E-state index < -0.39 is 30.5 Å². The number of aryl methyl sites for hydroxylation is 3. The number of rotatable bonds is 4. The number of carbonyl (C=O) groups excluding carboxylic acids is 4. The standard InChI is InChI=1S/C19H23N3O4.C10H8ClNO.C9H16N2O3.C6H5BrClN.C5H4BrClN2.C4H5BO3/c1-13-5-6-15(14-7-10-25-12-14)17(20-13)22-9-8-21(11-16(22)23)18(24)26-19(2,3)4;1-7-2-3-9(10(11)12-7)8-4-5-13-6-8;1-9(2,3)14-8(13)11-5-4-10-7(12)6-11;1-4-2-3-5(7)6(8)9-4;6-3-1-2-4(8)9-5(3)7;6-5(7)4-1-2-8-3-4/h5-7,10,12H,8-9,11H2,1-4H3;2-6H,1H3;4-6H2,1-3H3,(H,10,12);2-3H,1H3;1-2H,(H2,8,9);1-3,6-7H. The second-order valence-electron chi connectivity index (χ2n) is 19.0. The van der Waals surface area contributed by atoms with Crippen molar-refractivity contribution in [3.63, 3.8) is 0 Å². The van der Waals surface area contributed by atoms with Crippen LogP contribution in [-0.2, 0) is 19.1 Å². The van der Waals surface area contributed by atoms with Crippen molar-refractivity contribution in [2.45, 2.75) is 73.5 Å². The third-order valence-corrected chi connectivity index (χ3v) is 12.7. The monoisotopic (exact) mass is 1270 g/mol. The predicted octanol–water partition coefficient (Wildman–Crippen LogP) is 10.7. The van der Waals surface area contributed by atoms with Gasteiger partial charge in [0.2, 0.25) is 11.8 Å². The van der Waals surface area contributed by atoms with Gasteiger partial charge in [-0.25, -0.2) is 29.5 Å². The number of pyridine rings is 4. The number of nitrogen functional groups attached to an aromatic ring is 1. The lowest BCUT2D eigenvalue weighted by Crippen LogP contribution is -2.53. The van der Waals surface area contributed by atoms with Crippen LogP contribution >= 0.6 is 66.7 Å². The van der Waals surface area contributed by atoms with Crippen LogP contribution in [0, 0.1) is 20.8 Å². The molecule has 0 spiro atoms. The van der Waals surface area contributed by atoms with Gasteiger partial charge in [-0.2, -0.15) is 0 Å². The Morgan fingerprint density at radius 3 is 1.54 bits per heavy atom. The van der Waals surface area contributed by atoms with E-state index >= 15 is 0 Å². The summed E-state index contributed by atoms with van der Waals surface area (Å²) in [5.41, 5.74) is 10.8. The molecule has 0 aliphatic carbocycles. The first-order valence-corrected chi connectivity index (χ1v) is 26.8. The molecule has 9 rings (SSSR count). The molecule has 7 aromatic heterocycles. The minimum Gasteiger partial charge on any atom is -0.473 e. The Kier molecular flexibility index (Phi) is 25.3. The summed E-state index contributed by atoms with van der Waals surface area (Å²) in [4.78, 5) is 68.3. The van der Waals surface area contributed by atoms with Crippen LogP contribution in [0.1, 0.15) is 58.6 Å². The minimum atomic E-state index is -1.41. The van der Waals surface area contributed by atoms with Crippen molar-refractivity contribution >= 4 is 115 Å². The van der Waals surface area contributed by atoms with Crippen LogP contribution in [0.3, 0.4) is 0 Å². The third-order valence-electron chi connectivity index (χ3n) is 10.1. The highest BCUT2D eigenvalue weighted by atomic mass is 79.9. The van der Waals surface area contributed by atoms with Crippen LogP contribution in [0.4, 0.5) is 21.2 Å². The first-order chi connectivity index (χ1) is 37.1. The highest BCUT2D eigenvalue weighted by Crippen LogP contribution is 2.31. The second-order valence-corrected chi connectivity index (χ2v) is 21.8. The Morgan fingerprint density at radius 2 is 1.11 bits per heavy atom. The first-order valence-electron chi connectivity index (χ1n) is 24.0. The van der Waals surface area contributed by atoms with Gasteiger partial charge in [-0.15, -0.1) is 0 Å². The van der Waals surface area contributed by atoms with Crippen LogP contribution in [0.2, 0.25) is 15.5 Å². The average molecular weight is 1280 g/mol. The van der Waals surface area contributed by atoms with Gasteiger partial charge in [-0.1, -0.05) is 34.8 Å². The number of nitrogens with one attached hydrogen (secondary N) is 1. The predicted molar refractivity (Wildman–Crippen MR) is 311 cm³/mol. The van der Waals surface area contributed by atoms with Crippen molar-refractivity contribution in [2.24, 2.45) is 0 Å². The molecule has 9 heterocycles. The maximum Gasteiger partial charge on any atom is 0.491 e. The second kappa shape index (κ2) is 30.8. The Hall–Kier alpha value is -6.47. The zero-order chi connectivity index (χ0) is 58.6. The van der Waals surface area contributed by atoms with Crippen LogP contribution in [0.5, 0.6) is 0 Å². The molecule has 2 fully saturated rings. The number of aromatic nitrogens is 4. The highest BCUT2D eigenvalue weighted by molar-refractivity contribution is 9.10. The molecular formula is C53H61BBr2Cl3N9O11. The number of hydrogen-bond acceptors (Lipinski definition) is 16. The molecule has 20 nitrogen and oxygen atoms in total. The molecule has 2 aliphatic heterocycles. The molecule has 2 saturated heterocycles. The number of amides is 4. The van der Waals surface area contributed by atoms with Gasteiger partial charge in [0, 0.05) is 71.0 Å². The molecule has 7 aromatic rings. The van der Waals surface area contributed by atoms with E-state index in [1.54, 1.807) is 83.6 Å². The third kappa shape index (κ3) is 22.7. The van der Waals surface area contributed by atoms with Crippen LogP contribution in [-0.4, -0.2) is 121 Å². The molecule has 2 aliphatic rings. The number of nitrogens with zero attached hydrogens (tertiary/aromatic N) is 7. The van der Waals surface area contributed by atoms with Gasteiger partial charge in [-0.3, -0.25) is 24.3 Å². The zero-order valence-electron chi connectivity index (χ0n) is 44.8. The molecule has 0 unspecified atom stereocenters. The lowest BCUT2D eigenvalue weighted by Gasteiger charge is -2.35. The smallest absolute Gasteiger partial charge is 0.473 e. The lowest BCUT2D eigenvalue weighted by molar-refractivity contribution is -0.124. The number of halogens is 5. The van der Waals surface area contributed by atoms with E-state index in [1.807, 2.05) is 69.3 Å². The number of hydrogen-bond donors (Lipinski definition) is 4. The summed E-state index contributed by atoms with van der Waals surface area (Å²) in [6.07, 6.45) is 8.24. The molecule has 26 heteroatoms. The summed E-state index contributed by atoms with van der Waals surface area (Å²) in [5, 5.41) is 20.9. The number of ether oxygens (including phenoxy) is 2. The van der Waals surface area contributed by atoms with E-state index in [9.17, 15) is 19.2 Å². The van der Waals surface area contributed by atoms with E-state index in [1.165, 1.54) is 28.4 Å². The molecule has 0 saturated carbocycles. The molecule has 79 heavy (non-hydrogen) atoms. The summed E-state index contributed by atoms with van der Waals surface area (Å²) in [5.74, 6) is 0.690. The minimum absolute atomic E-state index is 0.0324. The van der Waals surface area contributed by atoms with Gasteiger partial charge in [0.1, 0.15) is 51.4 Å². The molecule has 4 amide bonds. The largest absolute Gasteiger partial charge is 0.491 e. The van der Waals surface area contributed by atoms with Gasteiger partial charge in [-0.05, 0) is 161 Å². The normalized spacial score (nSPS) is 13.0. The Morgan fingerprint density at radius 1 is 0.633 bits per heavy atom. The quantitative estimate of drug-likeness (QED) is 0.0942. The van der Waals surface area contributed by atoms with Gasteiger partial charge < -0.3 is 43.8 Å². The molecule has 0 bridgehead atoms. The summed E-state index contributed by atoms with van der Waals surface area (Å²) in [7, 11) is -1.41. The summed E-state index contributed by atoms with van der Waals surface area (Å²) in [6.45, 7) is 18.3. The van der Waals surface area contributed by atoms with Crippen molar-refractivity contribution in [2.75, 3.05) is 49.9 Å². The van der Waals surface area contributed by atoms with Crippen LogP contribution < -0.4 is 21.4 Å². The van der Waals surface area contributed by atoms with E-state index in [-0.39, 0.29) is 24.9 Å². The number of nitrogens with two attached hydrogens (primary N) is 1. The number of furan rings is 3. The van der Waals surface area contributed by atoms with Crippen molar-refractivity contribution in [3.8, 4) is 22.3 Å². The van der Waals surface area contributed by atoms with Crippen LogP contribution in [0.25, 0.3) is 22.3 Å². The number of anilines is 2. The van der Waals surface area contributed by atoms with E-state index in [2.05, 4.69) is 61.5 Å². The van der Waals surface area contributed by atoms with Crippen LogP contribution in [0.15, 0.2) is 127 Å². The average Bonchev–Trinajstić information content (AvgIpc) is 4.21. The summed E-state index contributed by atoms with van der Waals surface area (Å²) in [6, 6.07) is 20.1. The van der Waals surface area contributed by atoms with Gasteiger partial charge in [0.15, 0.2) is 0 Å². The number of piperazine rings is 2. The topological polar surface area (TPSA) is 266 Å². The first kappa shape index (κ1) is 65.1. The van der Waals surface area contributed by atoms with Gasteiger partial charge in [0.25, 0.3) is 0 Å². The lowest BCUT2D eigenvalue weighted by atomic mass is 9.83. The number of carbonyl (C=O) groups is 4. The van der Waals surface area contributed by atoms with E-state index in [0.29, 0.717) is 58.7 Å². The van der Waals surface area contributed by atoms with Crippen molar-refractivity contribution in [3.05, 3.63) is 146 Å². The summed E-state index contributed by atoms with van der Waals surface area (Å²) < 4.78 is 26.8. The van der Waals surface area contributed by atoms with Crippen molar-refractivity contribution in [1.82, 2.24) is 35.1 Å². The molecule has 5 N–H and O–H groups in total. The fraction of sp³-hybridized carbons (Fsp3) is 0.321. The van der Waals surface area contributed by atoms with Gasteiger partial charge in [0.05, 0.1) is 46.5 Å².